The minimum absolute atomic E-state index is 0.224. The number of fused-ring (bicyclic) bond motifs is 1. The van der Waals surface area contributed by atoms with E-state index in [9.17, 15) is 4.39 Å². The third kappa shape index (κ3) is 3.24. The maximum absolute atomic E-state index is 13.8. The average Bonchev–Trinajstić information content (AvgIpc) is 2.54. The van der Waals surface area contributed by atoms with Crippen molar-refractivity contribution in [3.05, 3.63) is 41.8 Å². The number of nitrogens with zero attached hydrogens (tertiary/aromatic N) is 1. The number of benzene rings is 1. The minimum atomic E-state index is -0.224. The second-order valence-electron chi connectivity index (χ2n) is 6.27. The van der Waals surface area contributed by atoms with Crippen LogP contribution in [0.2, 0.25) is 0 Å². The monoisotopic (exact) mass is 286 g/mol. The molecule has 1 aromatic heterocycles. The van der Waals surface area contributed by atoms with Crippen LogP contribution in [-0.4, -0.2) is 11.5 Å². The van der Waals surface area contributed by atoms with Crippen LogP contribution in [0.3, 0.4) is 0 Å². The lowest BCUT2D eigenvalue weighted by molar-refractivity contribution is 0.268. The van der Waals surface area contributed by atoms with Gasteiger partial charge in [-0.15, -0.1) is 0 Å². The van der Waals surface area contributed by atoms with Crippen LogP contribution in [0.1, 0.15) is 37.7 Å². The summed E-state index contributed by atoms with van der Waals surface area (Å²) in [5.74, 6) is 1.31. The number of pyridine rings is 1. The van der Waals surface area contributed by atoms with Crippen molar-refractivity contribution in [2.75, 3.05) is 6.54 Å². The van der Waals surface area contributed by atoms with Gasteiger partial charge in [0.05, 0.1) is 0 Å². The first-order valence-corrected chi connectivity index (χ1v) is 8.00. The predicted octanol–water partition coefficient (Wildman–Crippen LogP) is 4.07. The summed E-state index contributed by atoms with van der Waals surface area (Å²) in [7, 11) is 0. The van der Waals surface area contributed by atoms with Crippen LogP contribution in [0.25, 0.3) is 10.9 Å². The molecule has 1 aliphatic carbocycles. The van der Waals surface area contributed by atoms with Crippen molar-refractivity contribution >= 4 is 10.9 Å². The Bertz CT molecular complexity index is 603. The first-order chi connectivity index (χ1) is 10.3. The first kappa shape index (κ1) is 14.5. The van der Waals surface area contributed by atoms with Crippen LogP contribution < -0.4 is 5.73 Å². The van der Waals surface area contributed by atoms with Gasteiger partial charge in [0, 0.05) is 11.6 Å². The first-order valence-electron chi connectivity index (χ1n) is 8.00. The van der Waals surface area contributed by atoms with Crippen LogP contribution in [0.5, 0.6) is 0 Å². The summed E-state index contributed by atoms with van der Waals surface area (Å²) in [6.07, 6.45) is 9.05. The molecule has 0 aliphatic heterocycles. The van der Waals surface area contributed by atoms with Gasteiger partial charge in [-0.25, -0.2) is 4.39 Å². The Morgan fingerprint density at radius 2 is 1.86 bits per heavy atom. The van der Waals surface area contributed by atoms with E-state index in [4.69, 9.17) is 5.73 Å². The van der Waals surface area contributed by atoms with Crippen LogP contribution in [0.15, 0.2) is 30.5 Å². The fourth-order valence-electron chi connectivity index (χ4n) is 3.53. The van der Waals surface area contributed by atoms with Gasteiger partial charge in [0.25, 0.3) is 0 Å². The van der Waals surface area contributed by atoms with Crippen molar-refractivity contribution in [3.63, 3.8) is 0 Å². The van der Waals surface area contributed by atoms with Gasteiger partial charge < -0.3 is 5.73 Å². The van der Waals surface area contributed by atoms with Crippen LogP contribution in [-0.2, 0) is 6.42 Å². The predicted molar refractivity (Wildman–Crippen MR) is 84.5 cm³/mol. The number of halogens is 1. The van der Waals surface area contributed by atoms with E-state index in [2.05, 4.69) is 4.98 Å². The number of aryl methyl sites for hydroxylation is 1. The maximum atomic E-state index is 13.8. The van der Waals surface area contributed by atoms with Crippen molar-refractivity contribution in [2.45, 2.75) is 38.5 Å². The summed E-state index contributed by atoms with van der Waals surface area (Å²) < 4.78 is 13.8. The zero-order valence-corrected chi connectivity index (χ0v) is 12.4. The number of para-hydroxylation sites is 1. The lowest BCUT2D eigenvalue weighted by Gasteiger charge is -2.27. The molecule has 1 aliphatic rings. The molecule has 0 amide bonds. The lowest BCUT2D eigenvalue weighted by atomic mass is 9.79. The van der Waals surface area contributed by atoms with Crippen molar-refractivity contribution < 1.29 is 4.39 Å². The van der Waals surface area contributed by atoms with Crippen LogP contribution in [0.4, 0.5) is 4.39 Å². The second-order valence-corrected chi connectivity index (χ2v) is 6.27. The van der Waals surface area contributed by atoms with Crippen molar-refractivity contribution in [2.24, 2.45) is 17.6 Å². The van der Waals surface area contributed by atoms with Crippen molar-refractivity contribution in [1.82, 2.24) is 4.98 Å². The number of hydrogen-bond donors (Lipinski definition) is 1. The molecule has 2 nitrogen and oxygen atoms in total. The molecule has 0 radical (unpaired) electrons. The SMILES string of the molecule is NCC1CCC(CCc2ccnc3c(F)cccc23)CC1. The van der Waals surface area contributed by atoms with Gasteiger partial charge in [-0.3, -0.25) is 4.98 Å². The smallest absolute Gasteiger partial charge is 0.149 e. The Kier molecular flexibility index (Phi) is 4.49. The average molecular weight is 286 g/mol. The summed E-state index contributed by atoms with van der Waals surface area (Å²) in [6.45, 7) is 0.834. The van der Waals surface area contributed by atoms with E-state index in [1.807, 2.05) is 12.1 Å². The standard InChI is InChI=1S/C18H23FN2/c19-17-3-1-2-16-15(10-11-21-18(16)17)9-8-13-4-6-14(12-20)7-5-13/h1-3,10-11,13-14H,4-9,12,20H2. The zero-order valence-electron chi connectivity index (χ0n) is 12.4. The number of hydrogen-bond acceptors (Lipinski definition) is 2. The highest BCUT2D eigenvalue weighted by molar-refractivity contribution is 5.82. The van der Waals surface area contributed by atoms with E-state index < -0.39 is 0 Å². The Hall–Kier alpha value is -1.48. The molecule has 3 heteroatoms. The molecule has 1 saturated carbocycles. The van der Waals surface area contributed by atoms with Gasteiger partial charge in [-0.2, -0.15) is 0 Å². The highest BCUT2D eigenvalue weighted by Gasteiger charge is 2.20. The minimum Gasteiger partial charge on any atom is -0.330 e. The molecule has 2 N–H and O–H groups in total. The van der Waals surface area contributed by atoms with Gasteiger partial charge in [0.15, 0.2) is 0 Å². The highest BCUT2D eigenvalue weighted by Crippen LogP contribution is 2.31. The molecule has 3 rings (SSSR count). The fourth-order valence-corrected chi connectivity index (χ4v) is 3.53. The molecule has 112 valence electrons. The molecule has 2 aromatic rings. The maximum Gasteiger partial charge on any atom is 0.149 e. The van der Waals surface area contributed by atoms with Crippen LogP contribution in [0, 0.1) is 17.7 Å². The third-order valence-corrected chi connectivity index (χ3v) is 4.93. The lowest BCUT2D eigenvalue weighted by Crippen LogP contribution is -2.21. The topological polar surface area (TPSA) is 38.9 Å². The summed E-state index contributed by atoms with van der Waals surface area (Å²) in [5, 5.41) is 0.966. The Balaban J connectivity index is 1.67. The summed E-state index contributed by atoms with van der Waals surface area (Å²) in [4.78, 5) is 4.17. The normalized spacial score (nSPS) is 22.6. The molecule has 0 saturated heterocycles. The molecular weight excluding hydrogens is 263 g/mol. The van der Waals surface area contributed by atoms with E-state index in [-0.39, 0.29) is 5.82 Å². The summed E-state index contributed by atoms with van der Waals surface area (Å²) >= 11 is 0. The molecule has 1 heterocycles. The van der Waals surface area contributed by atoms with E-state index in [1.54, 1.807) is 12.3 Å². The van der Waals surface area contributed by atoms with Gasteiger partial charge in [-0.1, -0.05) is 25.0 Å². The number of nitrogens with two attached hydrogens (primary N) is 1. The van der Waals surface area contributed by atoms with Crippen molar-refractivity contribution in [3.8, 4) is 0 Å². The van der Waals surface area contributed by atoms with E-state index >= 15 is 0 Å². The van der Waals surface area contributed by atoms with E-state index in [1.165, 1.54) is 43.7 Å². The molecule has 0 spiro atoms. The number of rotatable bonds is 4. The Labute approximate surface area is 125 Å². The van der Waals surface area contributed by atoms with E-state index in [0.29, 0.717) is 5.52 Å². The van der Waals surface area contributed by atoms with Gasteiger partial charge in [0.1, 0.15) is 11.3 Å². The van der Waals surface area contributed by atoms with Gasteiger partial charge in [0.2, 0.25) is 0 Å². The Morgan fingerprint density at radius 3 is 2.62 bits per heavy atom. The molecule has 1 fully saturated rings. The molecule has 1 aromatic carbocycles. The molecule has 0 atom stereocenters. The van der Waals surface area contributed by atoms with Crippen molar-refractivity contribution in [1.29, 1.82) is 0 Å². The summed E-state index contributed by atoms with van der Waals surface area (Å²) in [5.41, 5.74) is 7.47. The summed E-state index contributed by atoms with van der Waals surface area (Å²) in [6, 6.07) is 7.27. The second kappa shape index (κ2) is 6.52. The largest absolute Gasteiger partial charge is 0.330 e. The Morgan fingerprint density at radius 1 is 1.10 bits per heavy atom. The highest BCUT2D eigenvalue weighted by atomic mass is 19.1. The molecule has 0 bridgehead atoms. The zero-order chi connectivity index (χ0) is 14.7. The molecule has 21 heavy (non-hydrogen) atoms. The van der Waals surface area contributed by atoms with E-state index in [0.717, 1.165) is 30.2 Å². The quantitative estimate of drug-likeness (QED) is 0.920. The number of aromatic nitrogens is 1. The van der Waals surface area contributed by atoms with Gasteiger partial charge >= 0.3 is 0 Å². The third-order valence-electron chi connectivity index (χ3n) is 4.93. The fraction of sp³-hybridized carbons (Fsp3) is 0.500. The van der Waals surface area contributed by atoms with Gasteiger partial charge in [-0.05, 0) is 61.8 Å². The van der Waals surface area contributed by atoms with Crippen LogP contribution >= 0.6 is 0 Å². The molecular formula is C18H23FN2. The molecule has 0 unspecified atom stereocenters.